The molecular weight excluding hydrogens is 214 g/mol. The van der Waals surface area contributed by atoms with Crippen LogP contribution in [0.4, 0.5) is 0 Å². The molecule has 1 aromatic carbocycles. The predicted molar refractivity (Wildman–Crippen MR) is 62.9 cm³/mol. The van der Waals surface area contributed by atoms with Crippen LogP contribution < -0.4 is 10.5 Å². The van der Waals surface area contributed by atoms with Crippen LogP contribution in [0.25, 0.3) is 10.8 Å². The topological polar surface area (TPSA) is 71.9 Å². The van der Waals surface area contributed by atoms with Gasteiger partial charge in [-0.25, -0.2) is 0 Å². The van der Waals surface area contributed by atoms with Gasteiger partial charge in [-0.15, -0.1) is 0 Å². The van der Waals surface area contributed by atoms with Crippen LogP contribution in [-0.2, 0) is 6.42 Å². The maximum absolute atomic E-state index is 8.92. The van der Waals surface area contributed by atoms with E-state index in [2.05, 4.69) is 11.1 Å². The third-order valence-corrected chi connectivity index (χ3v) is 2.86. The maximum atomic E-state index is 8.92. The van der Waals surface area contributed by atoms with Gasteiger partial charge in [0.05, 0.1) is 5.57 Å². The van der Waals surface area contributed by atoms with Crippen LogP contribution in [0, 0.1) is 11.3 Å². The Bertz CT molecular complexity index is 683. The molecule has 0 spiro atoms. The molecule has 4 heteroatoms. The summed E-state index contributed by atoms with van der Waals surface area (Å²) in [5.41, 5.74) is 7.17. The number of hydrogen-bond acceptors (Lipinski definition) is 4. The molecule has 0 aliphatic carbocycles. The second kappa shape index (κ2) is 3.49. The molecule has 3 rings (SSSR count). The van der Waals surface area contributed by atoms with Gasteiger partial charge in [0.1, 0.15) is 11.8 Å². The Hall–Kier alpha value is -2.54. The summed E-state index contributed by atoms with van der Waals surface area (Å²) < 4.78 is 5.56. The molecule has 1 aliphatic rings. The second-order valence-corrected chi connectivity index (χ2v) is 3.88. The van der Waals surface area contributed by atoms with Crippen LogP contribution in [0.3, 0.4) is 0 Å². The molecule has 0 saturated heterocycles. The van der Waals surface area contributed by atoms with Gasteiger partial charge in [0.2, 0.25) is 5.88 Å². The molecule has 2 heterocycles. The number of nitrogens with zero attached hydrogens (tertiary/aromatic N) is 2. The van der Waals surface area contributed by atoms with Crippen molar-refractivity contribution in [2.45, 2.75) is 6.42 Å². The van der Waals surface area contributed by atoms with Gasteiger partial charge < -0.3 is 10.5 Å². The summed E-state index contributed by atoms with van der Waals surface area (Å²) >= 11 is 0. The van der Waals surface area contributed by atoms with E-state index < -0.39 is 0 Å². The van der Waals surface area contributed by atoms with E-state index in [9.17, 15) is 0 Å². The molecule has 17 heavy (non-hydrogen) atoms. The van der Waals surface area contributed by atoms with Crippen LogP contribution in [0.5, 0.6) is 5.75 Å². The molecule has 0 amide bonds. The molecule has 0 unspecified atom stereocenters. The Morgan fingerprint density at radius 3 is 3.06 bits per heavy atom. The van der Waals surface area contributed by atoms with Crippen LogP contribution in [0.15, 0.2) is 42.0 Å². The van der Waals surface area contributed by atoms with Crippen LogP contribution >= 0.6 is 0 Å². The zero-order valence-corrected chi connectivity index (χ0v) is 8.97. The third kappa shape index (κ3) is 1.41. The fraction of sp³-hybridized carbons (Fsp3) is 0.0769. The number of pyridine rings is 1. The van der Waals surface area contributed by atoms with Crippen molar-refractivity contribution in [2.24, 2.45) is 5.73 Å². The summed E-state index contributed by atoms with van der Waals surface area (Å²) in [6.45, 7) is 0. The molecule has 4 nitrogen and oxygen atoms in total. The minimum atomic E-state index is 0.198. The number of allylic oxidation sites excluding steroid dienone is 1. The average Bonchev–Trinajstić information content (AvgIpc) is 2.38. The molecule has 2 N–H and O–H groups in total. The normalized spacial score (nSPS) is 14.1. The number of benzene rings is 1. The lowest BCUT2D eigenvalue weighted by molar-refractivity contribution is 0.404. The van der Waals surface area contributed by atoms with E-state index in [1.54, 1.807) is 12.4 Å². The summed E-state index contributed by atoms with van der Waals surface area (Å²) in [4.78, 5) is 4.06. The number of hydrogen-bond donors (Lipinski definition) is 1. The van der Waals surface area contributed by atoms with Crippen molar-refractivity contribution in [1.82, 2.24) is 4.98 Å². The first-order valence-corrected chi connectivity index (χ1v) is 5.22. The highest BCUT2D eigenvalue weighted by molar-refractivity contribution is 5.89. The molecule has 0 fully saturated rings. The molecule has 0 saturated carbocycles. The summed E-state index contributed by atoms with van der Waals surface area (Å²) in [5, 5.41) is 10.9. The standard InChI is InChI=1S/C13H9N3O/c14-6-10-5-8-1-2-9-7-16-4-3-11(9)12(8)17-13(10)15/h1-4,7H,5,15H2. The second-order valence-electron chi connectivity index (χ2n) is 3.88. The van der Waals surface area contributed by atoms with Crippen molar-refractivity contribution in [1.29, 1.82) is 5.26 Å². The monoisotopic (exact) mass is 223 g/mol. The van der Waals surface area contributed by atoms with E-state index in [0.29, 0.717) is 12.0 Å². The zero-order valence-electron chi connectivity index (χ0n) is 8.97. The number of nitriles is 1. The van der Waals surface area contributed by atoms with E-state index in [1.165, 1.54) is 0 Å². The first-order chi connectivity index (χ1) is 8.29. The van der Waals surface area contributed by atoms with Crippen molar-refractivity contribution in [3.05, 3.63) is 47.6 Å². The van der Waals surface area contributed by atoms with E-state index in [4.69, 9.17) is 15.7 Å². The Morgan fingerprint density at radius 1 is 1.35 bits per heavy atom. The number of ether oxygens (including phenoxy) is 1. The molecule has 0 bridgehead atoms. The predicted octanol–water partition coefficient (Wildman–Crippen LogP) is 1.86. The molecule has 82 valence electrons. The average molecular weight is 223 g/mol. The van der Waals surface area contributed by atoms with Crippen LogP contribution in [0.1, 0.15) is 5.56 Å². The number of rotatable bonds is 0. The van der Waals surface area contributed by atoms with Gasteiger partial charge in [-0.3, -0.25) is 4.98 Å². The van der Waals surface area contributed by atoms with Crippen molar-refractivity contribution in [3.8, 4) is 11.8 Å². The summed E-state index contributed by atoms with van der Waals surface area (Å²) in [6, 6.07) is 7.87. The summed E-state index contributed by atoms with van der Waals surface area (Å²) in [7, 11) is 0. The first-order valence-electron chi connectivity index (χ1n) is 5.22. The van der Waals surface area contributed by atoms with Gasteiger partial charge in [0.25, 0.3) is 0 Å². The maximum Gasteiger partial charge on any atom is 0.205 e. The lowest BCUT2D eigenvalue weighted by Crippen LogP contribution is -2.16. The Labute approximate surface area is 97.9 Å². The summed E-state index contributed by atoms with van der Waals surface area (Å²) in [6.07, 6.45) is 4.01. The smallest absolute Gasteiger partial charge is 0.205 e. The lowest BCUT2D eigenvalue weighted by atomic mass is 9.99. The van der Waals surface area contributed by atoms with Gasteiger partial charge in [-0.2, -0.15) is 5.26 Å². The van der Waals surface area contributed by atoms with Crippen LogP contribution in [-0.4, -0.2) is 4.98 Å². The van der Waals surface area contributed by atoms with Gasteiger partial charge in [0.15, 0.2) is 0 Å². The van der Waals surface area contributed by atoms with Gasteiger partial charge >= 0.3 is 0 Å². The SMILES string of the molecule is N#CC1=C(N)Oc2c(ccc3cnccc23)C1. The van der Waals surface area contributed by atoms with Crippen molar-refractivity contribution >= 4 is 10.8 Å². The lowest BCUT2D eigenvalue weighted by Gasteiger charge is -2.19. The van der Waals surface area contributed by atoms with E-state index in [1.807, 2.05) is 18.2 Å². The highest BCUT2D eigenvalue weighted by Crippen LogP contribution is 2.35. The summed E-state index contributed by atoms with van der Waals surface area (Å²) in [5.74, 6) is 0.936. The highest BCUT2D eigenvalue weighted by Gasteiger charge is 2.19. The third-order valence-electron chi connectivity index (χ3n) is 2.86. The number of nitrogens with two attached hydrogens (primary N) is 1. The molecule has 0 atom stereocenters. The Morgan fingerprint density at radius 2 is 2.24 bits per heavy atom. The fourth-order valence-corrected chi connectivity index (χ4v) is 1.99. The van der Waals surface area contributed by atoms with E-state index in [-0.39, 0.29) is 5.88 Å². The Balaban J connectivity index is 2.25. The largest absolute Gasteiger partial charge is 0.440 e. The van der Waals surface area contributed by atoms with Crippen molar-refractivity contribution in [2.75, 3.05) is 0 Å². The minimum absolute atomic E-state index is 0.198. The molecular formula is C13H9N3O. The van der Waals surface area contributed by atoms with Gasteiger partial charge in [-0.05, 0) is 6.07 Å². The number of fused-ring (bicyclic) bond motifs is 3. The van der Waals surface area contributed by atoms with E-state index >= 15 is 0 Å². The van der Waals surface area contributed by atoms with Gasteiger partial charge in [0, 0.05) is 35.2 Å². The highest BCUT2D eigenvalue weighted by atomic mass is 16.5. The Kier molecular flexibility index (Phi) is 1.99. The van der Waals surface area contributed by atoms with Crippen molar-refractivity contribution in [3.63, 3.8) is 0 Å². The van der Waals surface area contributed by atoms with Crippen LogP contribution in [0.2, 0.25) is 0 Å². The first kappa shape index (κ1) is 9.67. The molecule has 1 aromatic heterocycles. The molecule has 2 aromatic rings. The molecule has 1 aliphatic heterocycles. The quantitative estimate of drug-likeness (QED) is 0.739. The zero-order chi connectivity index (χ0) is 11.8. The van der Waals surface area contributed by atoms with Gasteiger partial charge in [-0.1, -0.05) is 12.1 Å². The minimum Gasteiger partial charge on any atom is -0.440 e. The molecule has 0 radical (unpaired) electrons. The fourth-order valence-electron chi connectivity index (χ4n) is 1.99. The van der Waals surface area contributed by atoms with E-state index in [0.717, 1.165) is 22.1 Å². The van der Waals surface area contributed by atoms with Crippen molar-refractivity contribution < 1.29 is 4.74 Å². The number of aromatic nitrogens is 1.